The van der Waals surface area contributed by atoms with Gasteiger partial charge >= 0.3 is 0 Å². The van der Waals surface area contributed by atoms with Gasteiger partial charge in [-0.05, 0) is 19.0 Å². The zero-order valence-electron chi connectivity index (χ0n) is 10.8. The summed E-state index contributed by atoms with van der Waals surface area (Å²) < 4.78 is 21.2. The number of nitrogens with one attached hydrogen (secondary N) is 1. The molecule has 0 atom stereocenters. The van der Waals surface area contributed by atoms with Gasteiger partial charge in [0.2, 0.25) is 6.79 Å². The molecule has 1 aromatic rings. The summed E-state index contributed by atoms with van der Waals surface area (Å²) >= 11 is 0. The molecule has 1 aliphatic heterocycles. The molecule has 0 aliphatic carbocycles. The van der Waals surface area contributed by atoms with Gasteiger partial charge in [0, 0.05) is 25.3 Å². The highest BCUT2D eigenvalue weighted by Crippen LogP contribution is 2.38. The van der Waals surface area contributed by atoms with Gasteiger partial charge in [0.15, 0.2) is 18.3 Å². The van der Waals surface area contributed by atoms with E-state index in [1.165, 1.54) is 0 Å². The van der Waals surface area contributed by atoms with Gasteiger partial charge in [-0.25, -0.2) is 0 Å². The minimum absolute atomic E-state index is 0.223. The Morgan fingerprint density at radius 1 is 1.28 bits per heavy atom. The Balaban J connectivity index is 2.12. The molecule has 0 amide bonds. The Morgan fingerprint density at radius 3 is 2.78 bits per heavy atom. The van der Waals surface area contributed by atoms with Crippen LogP contribution in [0.25, 0.3) is 0 Å². The van der Waals surface area contributed by atoms with E-state index in [-0.39, 0.29) is 13.6 Å². The average Bonchev–Trinajstić information content (AvgIpc) is 2.83. The van der Waals surface area contributed by atoms with Crippen molar-refractivity contribution in [2.75, 3.05) is 27.2 Å². The number of hydrogen-bond donors (Lipinski definition) is 1. The molecule has 0 bridgehead atoms. The zero-order valence-corrected chi connectivity index (χ0v) is 10.8. The maximum atomic E-state index is 5.54. The number of ether oxygens (including phenoxy) is 4. The Kier molecular flexibility index (Phi) is 4.66. The van der Waals surface area contributed by atoms with E-state index in [0.29, 0.717) is 0 Å². The predicted molar refractivity (Wildman–Crippen MR) is 67.1 cm³/mol. The molecule has 1 N–H and O–H groups in total. The zero-order chi connectivity index (χ0) is 12.8. The quantitative estimate of drug-likeness (QED) is 0.594. The average molecular weight is 253 g/mol. The molecule has 5 heteroatoms. The molecular formula is C13H19NO4. The standard InChI is InChI=1S/C13H19NO4/c1-3-4-14-7-10-5-12-13(18-9-17-12)6-11(10)16-8-15-2/h5-6,14H,3-4,7-9H2,1-2H3. The summed E-state index contributed by atoms with van der Waals surface area (Å²) in [5.74, 6) is 2.26. The summed E-state index contributed by atoms with van der Waals surface area (Å²) in [5, 5.41) is 3.34. The summed E-state index contributed by atoms with van der Waals surface area (Å²) in [7, 11) is 1.60. The molecule has 0 fully saturated rings. The fourth-order valence-electron chi connectivity index (χ4n) is 1.76. The number of rotatable bonds is 7. The van der Waals surface area contributed by atoms with Crippen molar-refractivity contribution < 1.29 is 18.9 Å². The largest absolute Gasteiger partial charge is 0.467 e. The van der Waals surface area contributed by atoms with Crippen molar-refractivity contribution in [2.45, 2.75) is 19.9 Å². The first-order valence-corrected chi connectivity index (χ1v) is 6.10. The second kappa shape index (κ2) is 6.47. The van der Waals surface area contributed by atoms with Crippen LogP contribution in [0.5, 0.6) is 17.2 Å². The lowest BCUT2D eigenvalue weighted by molar-refractivity contribution is 0.0502. The van der Waals surface area contributed by atoms with Crippen LogP contribution in [0.4, 0.5) is 0 Å². The van der Waals surface area contributed by atoms with Crippen molar-refractivity contribution in [3.8, 4) is 17.2 Å². The lowest BCUT2D eigenvalue weighted by Crippen LogP contribution is -2.15. The highest BCUT2D eigenvalue weighted by Gasteiger charge is 2.17. The summed E-state index contributed by atoms with van der Waals surface area (Å²) in [6, 6.07) is 3.81. The van der Waals surface area contributed by atoms with Gasteiger partial charge in [0.25, 0.3) is 0 Å². The molecule has 1 heterocycles. The first kappa shape index (κ1) is 13.0. The molecule has 5 nitrogen and oxygen atoms in total. The fraction of sp³-hybridized carbons (Fsp3) is 0.538. The molecule has 0 unspecified atom stereocenters. The van der Waals surface area contributed by atoms with E-state index >= 15 is 0 Å². The summed E-state index contributed by atoms with van der Waals surface area (Å²) in [4.78, 5) is 0. The summed E-state index contributed by atoms with van der Waals surface area (Å²) in [6.07, 6.45) is 1.10. The van der Waals surface area contributed by atoms with Crippen molar-refractivity contribution in [2.24, 2.45) is 0 Å². The first-order valence-electron chi connectivity index (χ1n) is 6.10. The van der Waals surface area contributed by atoms with Gasteiger partial charge in [-0.15, -0.1) is 0 Å². The van der Waals surface area contributed by atoms with Crippen LogP contribution in [0.3, 0.4) is 0 Å². The topological polar surface area (TPSA) is 49.0 Å². The van der Waals surface area contributed by atoms with Crippen molar-refractivity contribution >= 4 is 0 Å². The van der Waals surface area contributed by atoms with Gasteiger partial charge in [-0.2, -0.15) is 0 Å². The van der Waals surface area contributed by atoms with Gasteiger partial charge in [-0.3, -0.25) is 0 Å². The van der Waals surface area contributed by atoms with E-state index in [2.05, 4.69) is 12.2 Å². The molecule has 0 saturated carbocycles. The van der Waals surface area contributed by atoms with Crippen LogP contribution < -0.4 is 19.5 Å². The highest BCUT2D eigenvalue weighted by molar-refractivity contribution is 5.51. The van der Waals surface area contributed by atoms with Crippen LogP contribution in [0.1, 0.15) is 18.9 Å². The second-order valence-corrected chi connectivity index (χ2v) is 4.04. The molecule has 0 radical (unpaired) electrons. The van der Waals surface area contributed by atoms with E-state index in [1.54, 1.807) is 7.11 Å². The van der Waals surface area contributed by atoms with E-state index in [0.717, 1.165) is 42.3 Å². The second-order valence-electron chi connectivity index (χ2n) is 4.04. The third-order valence-corrected chi connectivity index (χ3v) is 2.63. The normalized spacial score (nSPS) is 12.8. The van der Waals surface area contributed by atoms with Gasteiger partial charge in [-0.1, -0.05) is 6.92 Å². The Bertz CT molecular complexity index is 395. The van der Waals surface area contributed by atoms with Gasteiger partial charge in [0.1, 0.15) is 5.75 Å². The molecule has 0 spiro atoms. The summed E-state index contributed by atoms with van der Waals surface area (Å²) in [6.45, 7) is 4.34. The molecule has 2 rings (SSSR count). The molecule has 1 aliphatic rings. The van der Waals surface area contributed by atoms with Crippen molar-refractivity contribution in [3.63, 3.8) is 0 Å². The summed E-state index contributed by atoms with van der Waals surface area (Å²) in [5.41, 5.74) is 1.05. The smallest absolute Gasteiger partial charge is 0.231 e. The number of benzene rings is 1. The van der Waals surface area contributed by atoms with Crippen molar-refractivity contribution in [1.82, 2.24) is 5.32 Å². The first-order chi connectivity index (χ1) is 8.85. The Labute approximate surface area is 107 Å². The highest BCUT2D eigenvalue weighted by atomic mass is 16.7. The fourth-order valence-corrected chi connectivity index (χ4v) is 1.76. The minimum Gasteiger partial charge on any atom is -0.467 e. The van der Waals surface area contributed by atoms with Crippen molar-refractivity contribution in [1.29, 1.82) is 0 Å². The molecule has 0 aromatic heterocycles. The Morgan fingerprint density at radius 2 is 2.06 bits per heavy atom. The monoisotopic (exact) mass is 253 g/mol. The lowest BCUT2D eigenvalue weighted by Gasteiger charge is -2.12. The van der Waals surface area contributed by atoms with Crippen LogP contribution in [0, 0.1) is 0 Å². The molecular weight excluding hydrogens is 234 g/mol. The van der Waals surface area contributed by atoms with Crippen LogP contribution in [0.2, 0.25) is 0 Å². The molecule has 100 valence electrons. The maximum absolute atomic E-state index is 5.54. The van der Waals surface area contributed by atoms with Gasteiger partial charge < -0.3 is 24.3 Å². The van der Waals surface area contributed by atoms with Crippen LogP contribution in [-0.4, -0.2) is 27.2 Å². The van der Waals surface area contributed by atoms with E-state index in [4.69, 9.17) is 18.9 Å². The third-order valence-electron chi connectivity index (χ3n) is 2.63. The maximum Gasteiger partial charge on any atom is 0.231 e. The van der Waals surface area contributed by atoms with Crippen molar-refractivity contribution in [3.05, 3.63) is 17.7 Å². The molecule has 1 aromatic carbocycles. The van der Waals surface area contributed by atoms with Crippen LogP contribution >= 0.6 is 0 Å². The number of fused-ring (bicyclic) bond motifs is 1. The Hall–Kier alpha value is -1.46. The number of hydrogen-bond acceptors (Lipinski definition) is 5. The SMILES string of the molecule is CCCNCc1cc2c(cc1OCOC)OCO2. The van der Waals surface area contributed by atoms with Crippen LogP contribution in [0.15, 0.2) is 12.1 Å². The predicted octanol–water partition coefficient (Wildman–Crippen LogP) is 1.90. The molecule has 0 saturated heterocycles. The molecule has 18 heavy (non-hydrogen) atoms. The number of methoxy groups -OCH3 is 1. The van der Waals surface area contributed by atoms with E-state index in [1.807, 2.05) is 12.1 Å². The lowest BCUT2D eigenvalue weighted by atomic mass is 10.1. The van der Waals surface area contributed by atoms with Crippen LogP contribution in [-0.2, 0) is 11.3 Å². The van der Waals surface area contributed by atoms with E-state index in [9.17, 15) is 0 Å². The van der Waals surface area contributed by atoms with E-state index < -0.39 is 0 Å². The van der Waals surface area contributed by atoms with Gasteiger partial charge in [0.05, 0.1) is 0 Å². The third kappa shape index (κ3) is 3.05. The minimum atomic E-state index is 0.223.